The maximum absolute atomic E-state index is 12.3. The number of nitrogens with one attached hydrogen (secondary N) is 2. The van der Waals surface area contributed by atoms with Crippen LogP contribution in [0.5, 0.6) is 0 Å². The first-order chi connectivity index (χ1) is 10.2. The van der Waals surface area contributed by atoms with Gasteiger partial charge in [0.15, 0.2) is 0 Å². The first-order valence-corrected chi connectivity index (χ1v) is 9.09. The van der Waals surface area contributed by atoms with Gasteiger partial charge in [0.05, 0.1) is 4.90 Å². The van der Waals surface area contributed by atoms with E-state index in [0.29, 0.717) is 11.6 Å². The Labute approximate surface area is 133 Å². The number of sulfonamides is 1. The van der Waals surface area contributed by atoms with Crippen LogP contribution >= 0.6 is 0 Å². The minimum atomic E-state index is -3.52. The zero-order valence-corrected chi connectivity index (χ0v) is 14.5. The summed E-state index contributed by atoms with van der Waals surface area (Å²) >= 11 is 0. The summed E-state index contributed by atoms with van der Waals surface area (Å²) in [7, 11) is -3.52. The SMILES string of the molecule is CC(=O)Nc1ccc(S(=O)(=O)NC(C)CCCC(C)C)cc1. The molecule has 6 heteroatoms. The Kier molecular flexibility index (Phi) is 7.03. The fourth-order valence-electron chi connectivity index (χ4n) is 2.14. The van der Waals surface area contributed by atoms with Crippen LogP contribution in [0, 0.1) is 5.92 Å². The van der Waals surface area contributed by atoms with E-state index in [-0.39, 0.29) is 16.8 Å². The number of hydrogen-bond acceptors (Lipinski definition) is 3. The Morgan fingerprint density at radius 3 is 2.18 bits per heavy atom. The Bertz CT molecular complexity index is 580. The van der Waals surface area contributed by atoms with E-state index in [1.807, 2.05) is 6.92 Å². The topological polar surface area (TPSA) is 75.3 Å². The van der Waals surface area contributed by atoms with E-state index < -0.39 is 10.0 Å². The van der Waals surface area contributed by atoms with Crippen LogP contribution in [0.15, 0.2) is 29.2 Å². The van der Waals surface area contributed by atoms with Crippen molar-refractivity contribution in [2.45, 2.75) is 57.9 Å². The van der Waals surface area contributed by atoms with Crippen LogP contribution in [0.1, 0.15) is 47.0 Å². The van der Waals surface area contributed by atoms with Gasteiger partial charge in [-0.1, -0.05) is 26.7 Å². The summed E-state index contributed by atoms with van der Waals surface area (Å²) < 4.78 is 27.2. The highest BCUT2D eigenvalue weighted by molar-refractivity contribution is 7.89. The van der Waals surface area contributed by atoms with Crippen molar-refractivity contribution < 1.29 is 13.2 Å². The molecule has 0 heterocycles. The molecule has 2 N–H and O–H groups in total. The molecule has 1 rings (SSSR count). The van der Waals surface area contributed by atoms with Crippen LogP contribution < -0.4 is 10.0 Å². The number of hydrogen-bond donors (Lipinski definition) is 2. The Morgan fingerprint density at radius 1 is 1.09 bits per heavy atom. The molecule has 1 amide bonds. The van der Waals surface area contributed by atoms with E-state index in [9.17, 15) is 13.2 Å². The zero-order valence-electron chi connectivity index (χ0n) is 13.7. The lowest BCUT2D eigenvalue weighted by molar-refractivity contribution is -0.114. The van der Waals surface area contributed by atoms with Crippen LogP contribution in [-0.2, 0) is 14.8 Å². The summed E-state index contributed by atoms with van der Waals surface area (Å²) in [6.07, 6.45) is 2.92. The van der Waals surface area contributed by atoms with Gasteiger partial charge in [-0.05, 0) is 43.5 Å². The summed E-state index contributed by atoms with van der Waals surface area (Å²) in [6.45, 7) is 7.60. The standard InChI is InChI=1S/C16H26N2O3S/c1-12(2)6-5-7-13(3)18-22(20,21)16-10-8-15(9-11-16)17-14(4)19/h8-13,18H,5-7H2,1-4H3,(H,17,19). The van der Waals surface area contributed by atoms with E-state index >= 15 is 0 Å². The summed E-state index contributed by atoms with van der Waals surface area (Å²) in [6, 6.07) is 6.06. The highest BCUT2D eigenvalue weighted by atomic mass is 32.2. The summed E-state index contributed by atoms with van der Waals surface area (Å²) in [5, 5.41) is 2.61. The molecule has 22 heavy (non-hydrogen) atoms. The van der Waals surface area contributed by atoms with Crippen molar-refractivity contribution in [3.8, 4) is 0 Å². The molecule has 1 atom stereocenters. The molecule has 0 fully saturated rings. The van der Waals surface area contributed by atoms with Gasteiger partial charge in [-0.15, -0.1) is 0 Å². The smallest absolute Gasteiger partial charge is 0.240 e. The van der Waals surface area contributed by atoms with Gasteiger partial charge in [0, 0.05) is 18.7 Å². The number of amides is 1. The third kappa shape index (κ3) is 6.58. The molecule has 124 valence electrons. The highest BCUT2D eigenvalue weighted by Crippen LogP contribution is 2.15. The van der Waals surface area contributed by atoms with Crippen LogP contribution in [0.25, 0.3) is 0 Å². The van der Waals surface area contributed by atoms with Gasteiger partial charge in [0.2, 0.25) is 15.9 Å². The molecule has 1 aromatic rings. The van der Waals surface area contributed by atoms with E-state index in [2.05, 4.69) is 23.9 Å². The van der Waals surface area contributed by atoms with Crippen molar-refractivity contribution >= 4 is 21.6 Å². The third-order valence-electron chi connectivity index (χ3n) is 3.26. The molecule has 0 aliphatic rings. The van der Waals surface area contributed by atoms with Crippen molar-refractivity contribution in [3.05, 3.63) is 24.3 Å². The van der Waals surface area contributed by atoms with Crippen LogP contribution in [0.3, 0.4) is 0 Å². The lowest BCUT2D eigenvalue weighted by Crippen LogP contribution is -2.32. The van der Waals surface area contributed by atoms with Crippen molar-refractivity contribution in [1.29, 1.82) is 0 Å². The van der Waals surface area contributed by atoms with E-state index in [0.717, 1.165) is 19.3 Å². The number of carbonyl (C=O) groups excluding carboxylic acids is 1. The molecule has 1 unspecified atom stereocenters. The van der Waals surface area contributed by atoms with Crippen molar-refractivity contribution in [2.75, 3.05) is 5.32 Å². The lowest BCUT2D eigenvalue weighted by Gasteiger charge is -2.15. The van der Waals surface area contributed by atoms with Gasteiger partial charge in [-0.25, -0.2) is 13.1 Å². The third-order valence-corrected chi connectivity index (χ3v) is 4.87. The average molecular weight is 326 g/mol. The molecule has 5 nitrogen and oxygen atoms in total. The molecule has 0 aliphatic heterocycles. The molecular formula is C16H26N2O3S. The van der Waals surface area contributed by atoms with Crippen LogP contribution in [0.2, 0.25) is 0 Å². The second-order valence-corrected chi connectivity index (χ2v) is 7.77. The zero-order chi connectivity index (χ0) is 16.8. The highest BCUT2D eigenvalue weighted by Gasteiger charge is 2.17. The molecule has 0 saturated heterocycles. The second kappa shape index (κ2) is 8.29. The quantitative estimate of drug-likeness (QED) is 0.770. The molecule has 0 spiro atoms. The molecule has 1 aromatic carbocycles. The van der Waals surface area contributed by atoms with Crippen molar-refractivity contribution in [3.63, 3.8) is 0 Å². The summed E-state index contributed by atoms with van der Waals surface area (Å²) in [5.74, 6) is 0.442. The summed E-state index contributed by atoms with van der Waals surface area (Å²) in [4.78, 5) is 11.2. The molecule has 0 bridgehead atoms. The number of benzene rings is 1. The molecular weight excluding hydrogens is 300 g/mol. The Hall–Kier alpha value is -1.40. The minimum Gasteiger partial charge on any atom is -0.326 e. The maximum atomic E-state index is 12.3. The van der Waals surface area contributed by atoms with Crippen molar-refractivity contribution in [1.82, 2.24) is 4.72 Å². The number of carbonyl (C=O) groups is 1. The fourth-order valence-corrected chi connectivity index (χ4v) is 3.42. The van der Waals surface area contributed by atoms with Crippen LogP contribution in [-0.4, -0.2) is 20.4 Å². The van der Waals surface area contributed by atoms with Crippen molar-refractivity contribution in [2.24, 2.45) is 5.92 Å². The predicted octanol–water partition coefficient (Wildman–Crippen LogP) is 3.14. The largest absolute Gasteiger partial charge is 0.326 e. The van der Waals surface area contributed by atoms with Gasteiger partial charge in [0.1, 0.15) is 0 Å². The first kappa shape index (κ1) is 18.6. The lowest BCUT2D eigenvalue weighted by atomic mass is 10.0. The van der Waals surface area contributed by atoms with Gasteiger partial charge >= 0.3 is 0 Å². The minimum absolute atomic E-state index is 0.0984. The normalized spacial score (nSPS) is 13.1. The molecule has 0 aliphatic carbocycles. The molecule has 0 saturated carbocycles. The number of rotatable bonds is 8. The Balaban J connectivity index is 2.63. The van der Waals surface area contributed by atoms with E-state index in [1.165, 1.54) is 19.1 Å². The predicted molar refractivity (Wildman–Crippen MR) is 89.2 cm³/mol. The van der Waals surface area contributed by atoms with E-state index in [4.69, 9.17) is 0 Å². The van der Waals surface area contributed by atoms with Crippen LogP contribution in [0.4, 0.5) is 5.69 Å². The average Bonchev–Trinajstić information content (AvgIpc) is 2.37. The van der Waals surface area contributed by atoms with E-state index in [1.54, 1.807) is 12.1 Å². The monoisotopic (exact) mass is 326 g/mol. The molecule has 0 radical (unpaired) electrons. The molecule has 0 aromatic heterocycles. The van der Waals surface area contributed by atoms with Gasteiger partial charge in [-0.2, -0.15) is 0 Å². The second-order valence-electron chi connectivity index (χ2n) is 6.05. The van der Waals surface area contributed by atoms with Gasteiger partial charge in [0.25, 0.3) is 0 Å². The summed E-state index contributed by atoms with van der Waals surface area (Å²) in [5.41, 5.74) is 0.580. The maximum Gasteiger partial charge on any atom is 0.240 e. The Morgan fingerprint density at radius 2 is 1.68 bits per heavy atom. The van der Waals surface area contributed by atoms with Gasteiger partial charge in [-0.3, -0.25) is 4.79 Å². The number of anilines is 1. The fraction of sp³-hybridized carbons (Fsp3) is 0.562. The first-order valence-electron chi connectivity index (χ1n) is 7.60. The van der Waals surface area contributed by atoms with Gasteiger partial charge < -0.3 is 5.32 Å².